The molecule has 1 aromatic rings. The topological polar surface area (TPSA) is 29.1 Å². The molecule has 0 aliphatic carbocycles. The van der Waals surface area contributed by atoms with E-state index in [2.05, 4.69) is 0 Å². The van der Waals surface area contributed by atoms with Crippen LogP contribution in [0.2, 0.25) is 0 Å². The van der Waals surface area contributed by atoms with E-state index in [0.29, 0.717) is 11.0 Å². The SMILES string of the molecule is [B]c1ccccc1CCNC(=O)C(F)(F)F. The van der Waals surface area contributed by atoms with E-state index in [1.807, 2.05) is 0 Å². The van der Waals surface area contributed by atoms with Gasteiger partial charge in [0.1, 0.15) is 7.85 Å². The molecule has 0 spiro atoms. The molecular weight excluding hydrogens is 218 g/mol. The molecule has 0 atom stereocenters. The van der Waals surface area contributed by atoms with Crippen LogP contribution in [0.5, 0.6) is 0 Å². The number of carbonyl (C=O) groups excluding carboxylic acids is 1. The van der Waals surface area contributed by atoms with Crippen molar-refractivity contribution in [2.24, 2.45) is 0 Å². The van der Waals surface area contributed by atoms with Gasteiger partial charge in [0, 0.05) is 6.54 Å². The minimum atomic E-state index is -4.83. The first-order valence-electron chi connectivity index (χ1n) is 4.59. The zero-order chi connectivity index (χ0) is 12.2. The fourth-order valence-electron chi connectivity index (χ4n) is 1.17. The summed E-state index contributed by atoms with van der Waals surface area (Å²) in [6, 6.07) is 6.82. The van der Waals surface area contributed by atoms with E-state index in [1.165, 1.54) is 0 Å². The molecule has 6 heteroatoms. The number of alkyl halides is 3. The van der Waals surface area contributed by atoms with Gasteiger partial charge in [-0.2, -0.15) is 13.2 Å². The molecule has 0 saturated heterocycles. The Morgan fingerprint density at radius 1 is 1.31 bits per heavy atom. The fraction of sp³-hybridized carbons (Fsp3) is 0.300. The summed E-state index contributed by atoms with van der Waals surface area (Å²) in [5, 5.41) is 1.78. The van der Waals surface area contributed by atoms with E-state index >= 15 is 0 Å². The Hall–Kier alpha value is -1.46. The maximum atomic E-state index is 11.8. The highest BCUT2D eigenvalue weighted by Gasteiger charge is 2.38. The van der Waals surface area contributed by atoms with Crippen LogP contribution in [0.1, 0.15) is 5.56 Å². The Morgan fingerprint density at radius 3 is 2.50 bits per heavy atom. The predicted molar refractivity (Wildman–Crippen MR) is 54.6 cm³/mol. The van der Waals surface area contributed by atoms with Gasteiger partial charge in [0.05, 0.1) is 0 Å². The van der Waals surface area contributed by atoms with Gasteiger partial charge in [0.2, 0.25) is 0 Å². The van der Waals surface area contributed by atoms with Gasteiger partial charge in [-0.25, -0.2) is 0 Å². The zero-order valence-electron chi connectivity index (χ0n) is 8.34. The third-order valence-electron chi connectivity index (χ3n) is 1.99. The molecule has 0 aromatic heterocycles. The average molecular weight is 227 g/mol. The van der Waals surface area contributed by atoms with E-state index in [9.17, 15) is 18.0 Å². The molecule has 0 saturated carbocycles. The monoisotopic (exact) mass is 227 g/mol. The van der Waals surface area contributed by atoms with Gasteiger partial charge in [-0.3, -0.25) is 4.79 Å². The molecule has 1 rings (SSSR count). The molecule has 0 unspecified atom stereocenters. The number of amides is 1. The number of nitrogens with one attached hydrogen (secondary N) is 1. The van der Waals surface area contributed by atoms with Crippen LogP contribution < -0.4 is 10.8 Å². The summed E-state index contributed by atoms with van der Waals surface area (Å²) >= 11 is 0. The lowest BCUT2D eigenvalue weighted by Crippen LogP contribution is -2.38. The van der Waals surface area contributed by atoms with Gasteiger partial charge in [-0.1, -0.05) is 35.3 Å². The van der Waals surface area contributed by atoms with E-state index in [0.717, 1.165) is 0 Å². The van der Waals surface area contributed by atoms with Gasteiger partial charge in [0.15, 0.2) is 0 Å². The van der Waals surface area contributed by atoms with Crippen LogP contribution in [-0.2, 0) is 11.2 Å². The van der Waals surface area contributed by atoms with E-state index in [4.69, 9.17) is 7.85 Å². The Balaban J connectivity index is 2.43. The fourth-order valence-corrected chi connectivity index (χ4v) is 1.17. The molecule has 1 amide bonds. The first-order chi connectivity index (χ1) is 7.41. The molecule has 1 N–H and O–H groups in total. The van der Waals surface area contributed by atoms with Crippen molar-refractivity contribution >= 4 is 19.2 Å². The molecule has 2 nitrogen and oxygen atoms in total. The summed E-state index contributed by atoms with van der Waals surface area (Å²) < 4.78 is 35.5. The van der Waals surface area contributed by atoms with E-state index in [-0.39, 0.29) is 13.0 Å². The highest BCUT2D eigenvalue weighted by atomic mass is 19.4. The standard InChI is InChI=1S/C10H9BF3NO/c11-8-4-2-1-3-7(8)5-6-15-9(16)10(12,13)14/h1-4H,5-6H2,(H,15,16). The molecule has 84 valence electrons. The summed E-state index contributed by atoms with van der Waals surface area (Å²) in [4.78, 5) is 10.5. The molecule has 0 heterocycles. The minimum Gasteiger partial charge on any atom is -0.348 e. The van der Waals surface area contributed by atoms with Gasteiger partial charge < -0.3 is 5.32 Å². The Labute approximate surface area is 92.3 Å². The van der Waals surface area contributed by atoms with Crippen molar-refractivity contribution in [1.29, 1.82) is 0 Å². The number of hydrogen-bond donors (Lipinski definition) is 1. The number of benzene rings is 1. The van der Waals surface area contributed by atoms with Crippen LogP contribution in [0.25, 0.3) is 0 Å². The smallest absolute Gasteiger partial charge is 0.348 e. The van der Waals surface area contributed by atoms with Crippen molar-refractivity contribution in [3.63, 3.8) is 0 Å². The second-order valence-corrected chi connectivity index (χ2v) is 3.20. The lowest BCUT2D eigenvalue weighted by molar-refractivity contribution is -0.173. The number of hydrogen-bond acceptors (Lipinski definition) is 1. The normalized spacial score (nSPS) is 11.2. The minimum absolute atomic E-state index is 0.0907. The van der Waals surface area contributed by atoms with E-state index < -0.39 is 12.1 Å². The summed E-state index contributed by atoms with van der Waals surface area (Å²) in [5.74, 6) is -1.93. The van der Waals surface area contributed by atoms with Crippen LogP contribution >= 0.6 is 0 Å². The quantitative estimate of drug-likeness (QED) is 0.756. The third-order valence-corrected chi connectivity index (χ3v) is 1.99. The molecule has 0 bridgehead atoms. The Kier molecular flexibility index (Phi) is 3.98. The number of halogens is 3. The zero-order valence-corrected chi connectivity index (χ0v) is 8.34. The number of rotatable bonds is 3. The maximum Gasteiger partial charge on any atom is 0.471 e. The van der Waals surface area contributed by atoms with Gasteiger partial charge in [-0.05, 0) is 6.42 Å². The van der Waals surface area contributed by atoms with Gasteiger partial charge in [-0.15, -0.1) is 0 Å². The van der Waals surface area contributed by atoms with E-state index in [1.54, 1.807) is 29.6 Å². The molecule has 0 fully saturated rings. The van der Waals surface area contributed by atoms with Crippen LogP contribution in [0.4, 0.5) is 13.2 Å². The molecule has 16 heavy (non-hydrogen) atoms. The largest absolute Gasteiger partial charge is 0.471 e. The predicted octanol–water partition coefficient (Wildman–Crippen LogP) is 0.701. The van der Waals surface area contributed by atoms with Crippen molar-refractivity contribution in [3.8, 4) is 0 Å². The van der Waals surface area contributed by atoms with Gasteiger partial charge in [0.25, 0.3) is 0 Å². The second kappa shape index (κ2) is 5.05. The summed E-state index contributed by atoms with van der Waals surface area (Å²) in [5.41, 5.74) is 1.22. The highest BCUT2D eigenvalue weighted by molar-refractivity contribution is 6.33. The molecular formula is C10H9BF3NO. The molecule has 0 aliphatic heterocycles. The third kappa shape index (κ3) is 3.60. The first kappa shape index (κ1) is 12.6. The maximum absolute atomic E-state index is 11.8. The van der Waals surface area contributed by atoms with Crippen molar-refractivity contribution in [1.82, 2.24) is 5.32 Å². The van der Waals surface area contributed by atoms with Gasteiger partial charge >= 0.3 is 12.1 Å². The summed E-state index contributed by atoms with van der Waals surface area (Å²) in [6.45, 7) is -0.0907. The second-order valence-electron chi connectivity index (χ2n) is 3.20. The van der Waals surface area contributed by atoms with Crippen LogP contribution in [0, 0.1) is 0 Å². The molecule has 1 aromatic carbocycles. The Morgan fingerprint density at radius 2 is 1.94 bits per heavy atom. The van der Waals surface area contributed by atoms with Crippen molar-refractivity contribution in [2.75, 3.05) is 6.54 Å². The van der Waals surface area contributed by atoms with Crippen LogP contribution in [-0.4, -0.2) is 26.5 Å². The summed E-state index contributed by atoms with van der Waals surface area (Å²) in [6.07, 6.45) is -4.56. The average Bonchev–Trinajstić information content (AvgIpc) is 2.19. The summed E-state index contributed by atoms with van der Waals surface area (Å²) in [7, 11) is 5.59. The van der Waals surface area contributed by atoms with Crippen molar-refractivity contribution in [2.45, 2.75) is 12.6 Å². The first-order valence-corrected chi connectivity index (χ1v) is 4.59. The lowest BCUT2D eigenvalue weighted by Gasteiger charge is -2.09. The van der Waals surface area contributed by atoms with Crippen LogP contribution in [0.3, 0.4) is 0 Å². The highest BCUT2D eigenvalue weighted by Crippen LogP contribution is 2.13. The molecule has 0 aliphatic rings. The molecule has 2 radical (unpaired) electrons. The Bertz CT molecular complexity index is 379. The van der Waals surface area contributed by atoms with Crippen molar-refractivity contribution in [3.05, 3.63) is 29.8 Å². The van der Waals surface area contributed by atoms with Crippen molar-refractivity contribution < 1.29 is 18.0 Å². The lowest BCUT2D eigenvalue weighted by atomic mass is 9.89. The van der Waals surface area contributed by atoms with Crippen LogP contribution in [0.15, 0.2) is 24.3 Å². The number of carbonyl (C=O) groups is 1.